The van der Waals surface area contributed by atoms with Gasteiger partial charge in [0.2, 0.25) is 0 Å². The van der Waals surface area contributed by atoms with Crippen molar-refractivity contribution in [1.82, 2.24) is 29.9 Å². The van der Waals surface area contributed by atoms with Crippen LogP contribution in [0.25, 0.3) is 157 Å². The highest BCUT2D eigenvalue weighted by molar-refractivity contribution is 6.06. The summed E-state index contributed by atoms with van der Waals surface area (Å²) in [7, 11) is 0. The van der Waals surface area contributed by atoms with Crippen LogP contribution in [0, 0.1) is 46.3 Å². The van der Waals surface area contributed by atoms with Gasteiger partial charge in [-0.3, -0.25) is 0 Å². The standard InChI is InChI=1S/2C60H46N4/c61-38-40-15-17-43(18-16-40)44-23-27-50(28-24-44)59-34-41-33-42(35-59)37-60(36-41,39-59)51-29-25-46(26-30-51)53-32-31-52(54-13-7-8-14-55(53)54)45-19-21-49(22-20-45)58-63-56(47-9-3-1-4-10-47)62-57(64-58)48-11-5-2-6-12-48;61-38-40-15-17-43(18-16-40)45-23-27-50(28-24-45)59-34-41-33-42(35-59)37-60(36-41,39-59)51-29-25-46(26-30-51)44-19-21-47(22-20-44)52-31-32-55(54-14-8-7-13-53(52)54)58-63-56(48-9-3-1-4-10-48)62-57(64-58)49-11-5-2-6-12-49/h2*1-32,41-42H,33-37,39H2. The fourth-order valence-corrected chi connectivity index (χ4v) is 24.5. The van der Waals surface area contributed by atoms with E-state index in [2.05, 4.69) is 255 Å². The van der Waals surface area contributed by atoms with Crippen LogP contribution in [0.15, 0.2) is 388 Å². The molecule has 8 heteroatoms. The van der Waals surface area contributed by atoms with E-state index in [0.29, 0.717) is 46.1 Å². The van der Waals surface area contributed by atoms with Gasteiger partial charge in [0.05, 0.1) is 23.3 Å². The van der Waals surface area contributed by atoms with Crippen molar-refractivity contribution >= 4 is 21.5 Å². The molecule has 26 rings (SSSR count). The Kier molecular flexibility index (Phi) is 19.6. The lowest BCUT2D eigenvalue weighted by molar-refractivity contribution is -0.0282. The van der Waals surface area contributed by atoms with Crippen molar-refractivity contribution in [2.24, 2.45) is 23.7 Å². The van der Waals surface area contributed by atoms with Crippen molar-refractivity contribution < 1.29 is 0 Å². The van der Waals surface area contributed by atoms with Gasteiger partial charge in [-0.05, 0) is 263 Å². The molecule has 0 spiro atoms. The van der Waals surface area contributed by atoms with E-state index in [4.69, 9.17) is 29.9 Å². The van der Waals surface area contributed by atoms with Crippen LogP contribution in [0.3, 0.4) is 0 Å². The molecule has 8 nitrogen and oxygen atoms in total. The Balaban J connectivity index is 0.000000146. The summed E-state index contributed by atoms with van der Waals surface area (Å²) in [5.41, 5.74) is 28.7. The Morgan fingerprint density at radius 2 is 0.383 bits per heavy atom. The van der Waals surface area contributed by atoms with Gasteiger partial charge in [-0.1, -0.05) is 358 Å². The second-order valence-corrected chi connectivity index (χ2v) is 37.4. The van der Waals surface area contributed by atoms with Crippen LogP contribution in [0.5, 0.6) is 0 Å². The third-order valence-electron chi connectivity index (χ3n) is 29.6. The third-order valence-corrected chi connectivity index (χ3v) is 29.6. The van der Waals surface area contributed by atoms with Crippen LogP contribution >= 0.6 is 0 Å². The molecule has 4 atom stereocenters. The van der Waals surface area contributed by atoms with Crippen LogP contribution in [0.4, 0.5) is 0 Å². The molecule has 0 aliphatic heterocycles. The largest absolute Gasteiger partial charge is 0.208 e. The van der Waals surface area contributed by atoms with E-state index in [-0.39, 0.29) is 21.7 Å². The summed E-state index contributed by atoms with van der Waals surface area (Å²) in [6.45, 7) is 0. The number of aromatic nitrogens is 6. The van der Waals surface area contributed by atoms with E-state index in [9.17, 15) is 10.5 Å². The Bertz CT molecular complexity index is 7150. The maximum absolute atomic E-state index is 9.27. The van der Waals surface area contributed by atoms with Crippen LogP contribution in [-0.4, -0.2) is 29.9 Å². The fourth-order valence-electron chi connectivity index (χ4n) is 24.5. The first kappa shape index (κ1) is 77.8. The molecule has 8 fully saturated rings. The monoisotopic (exact) mass is 1640 g/mol. The van der Waals surface area contributed by atoms with E-state index in [1.165, 1.54) is 160 Å². The second kappa shape index (κ2) is 32.2. The van der Waals surface area contributed by atoms with Crippen molar-refractivity contribution in [2.45, 2.75) is 98.7 Å². The van der Waals surface area contributed by atoms with Gasteiger partial charge in [-0.25, -0.2) is 29.9 Å². The maximum Gasteiger partial charge on any atom is 0.164 e. The van der Waals surface area contributed by atoms with E-state index in [1.54, 1.807) is 0 Å². The van der Waals surface area contributed by atoms with Crippen molar-refractivity contribution in [3.8, 4) is 147 Å². The lowest BCUT2D eigenvalue weighted by atomic mass is 9.41. The van der Waals surface area contributed by atoms with E-state index < -0.39 is 0 Å². The molecule has 8 saturated carbocycles. The highest BCUT2D eigenvalue weighted by Crippen LogP contribution is 2.68. The fraction of sp³-hybridized carbons (Fsp3) is 0.167. The van der Waals surface area contributed by atoms with Gasteiger partial charge in [0.25, 0.3) is 0 Å². The van der Waals surface area contributed by atoms with E-state index in [1.807, 2.05) is 146 Å². The molecule has 612 valence electrons. The van der Waals surface area contributed by atoms with Gasteiger partial charge in [0.15, 0.2) is 34.9 Å². The van der Waals surface area contributed by atoms with Crippen molar-refractivity contribution in [3.63, 3.8) is 0 Å². The minimum atomic E-state index is 0.222. The number of hydrogen-bond donors (Lipinski definition) is 0. The molecule has 2 aromatic heterocycles. The summed E-state index contributed by atoms with van der Waals surface area (Å²) >= 11 is 0. The van der Waals surface area contributed by atoms with Crippen LogP contribution in [0.1, 0.15) is 110 Å². The highest BCUT2D eigenvalue weighted by atomic mass is 15.0. The minimum absolute atomic E-state index is 0.222. The Hall–Kier alpha value is -15.0. The Morgan fingerprint density at radius 3 is 0.648 bits per heavy atom. The third kappa shape index (κ3) is 14.4. The molecule has 128 heavy (non-hydrogen) atoms. The lowest BCUT2D eigenvalue weighted by Gasteiger charge is -2.63. The van der Waals surface area contributed by atoms with Gasteiger partial charge in [-0.2, -0.15) is 10.5 Å². The Morgan fingerprint density at radius 1 is 0.188 bits per heavy atom. The average molecular weight is 1650 g/mol. The zero-order valence-corrected chi connectivity index (χ0v) is 71.3. The summed E-state index contributed by atoms with van der Waals surface area (Å²) in [6, 6.07) is 143. The maximum atomic E-state index is 9.27. The SMILES string of the molecule is N#Cc1ccc(-c2ccc(C34CC5CC(C3)CC(c3ccc(-c6ccc(-c7ccc(-c8nc(-c9ccccc9)nc(-c9ccccc9)n8)c8ccccc78)cc6)cc3)(C5)C4)cc2)cc1.N#Cc1ccc(-c2ccc(C34CC5CC(C3)CC(c3ccc(-c6ccc(-c7ccc(-c8nc(-c9ccccc9)nc(-c9ccccc9)n8)cc7)c7ccccc67)cc3)(C5)C4)cc2)cc1. The highest BCUT2D eigenvalue weighted by Gasteiger charge is 2.60. The molecule has 8 aliphatic carbocycles. The topological polar surface area (TPSA) is 125 Å². The number of hydrogen-bond acceptors (Lipinski definition) is 8. The number of nitriles is 2. The molecule has 18 aromatic rings. The smallest absolute Gasteiger partial charge is 0.164 e. The summed E-state index contributed by atoms with van der Waals surface area (Å²) in [6.07, 6.45) is 15.7. The summed E-state index contributed by atoms with van der Waals surface area (Å²) in [5.74, 6) is 7.08. The molecule has 2 heterocycles. The minimum Gasteiger partial charge on any atom is -0.208 e. The molecule has 0 N–H and O–H groups in total. The molecular weight excluding hydrogens is 1550 g/mol. The first-order chi connectivity index (χ1) is 63.0. The quantitative estimate of drug-likeness (QED) is 0.0937. The lowest BCUT2D eigenvalue weighted by Crippen LogP contribution is -2.55. The molecule has 0 amide bonds. The summed E-state index contributed by atoms with van der Waals surface area (Å²) in [4.78, 5) is 29.8. The van der Waals surface area contributed by atoms with Crippen LogP contribution in [0.2, 0.25) is 0 Å². The molecule has 0 radical (unpaired) electrons. The predicted molar refractivity (Wildman–Crippen MR) is 518 cm³/mol. The van der Waals surface area contributed by atoms with Crippen LogP contribution < -0.4 is 0 Å². The van der Waals surface area contributed by atoms with Crippen molar-refractivity contribution in [3.05, 3.63) is 422 Å². The number of rotatable bonds is 16. The predicted octanol–water partition coefficient (Wildman–Crippen LogP) is 29.4. The first-order valence-electron chi connectivity index (χ1n) is 45.5. The van der Waals surface area contributed by atoms with Gasteiger partial charge < -0.3 is 0 Å². The zero-order valence-electron chi connectivity index (χ0n) is 71.3. The molecule has 8 aliphatic rings. The molecule has 8 bridgehead atoms. The average Bonchev–Trinajstić information content (AvgIpc) is 0.706. The molecular formula is C120H92N8. The molecule has 0 saturated heterocycles. The normalized spacial score (nSPS) is 20.9. The van der Waals surface area contributed by atoms with Gasteiger partial charge in [0, 0.05) is 33.4 Å². The number of fused-ring (bicyclic) bond motifs is 2. The van der Waals surface area contributed by atoms with Crippen molar-refractivity contribution in [2.75, 3.05) is 0 Å². The van der Waals surface area contributed by atoms with Crippen LogP contribution in [-0.2, 0) is 21.7 Å². The van der Waals surface area contributed by atoms with E-state index in [0.717, 1.165) is 84.5 Å². The number of benzene rings is 16. The van der Waals surface area contributed by atoms with Gasteiger partial charge >= 0.3 is 0 Å². The van der Waals surface area contributed by atoms with Gasteiger partial charge in [0.1, 0.15) is 0 Å². The molecule has 4 unspecified atom stereocenters. The van der Waals surface area contributed by atoms with Gasteiger partial charge in [-0.15, -0.1) is 0 Å². The second-order valence-electron chi connectivity index (χ2n) is 37.4. The van der Waals surface area contributed by atoms with Crippen molar-refractivity contribution in [1.29, 1.82) is 10.5 Å². The summed E-state index contributed by atoms with van der Waals surface area (Å²) in [5, 5.41) is 23.3. The number of nitrogens with zero attached hydrogens (tertiary/aromatic N) is 8. The van der Waals surface area contributed by atoms with E-state index >= 15 is 0 Å². The Labute approximate surface area is 748 Å². The zero-order chi connectivity index (χ0) is 85.3. The first-order valence-corrected chi connectivity index (χ1v) is 45.5. The summed E-state index contributed by atoms with van der Waals surface area (Å²) < 4.78 is 0. The molecule has 16 aromatic carbocycles.